The van der Waals surface area contributed by atoms with Gasteiger partial charge in [-0.1, -0.05) is 38.5 Å². The minimum atomic E-state index is 0.245. The lowest BCUT2D eigenvalue weighted by atomic mass is 10.0. The molecular formula is C17H26N2O. The van der Waals surface area contributed by atoms with Crippen LogP contribution < -0.4 is 4.90 Å². The largest absolute Gasteiger partial charge is 0.311 e. The van der Waals surface area contributed by atoms with Crippen molar-refractivity contribution in [3.05, 3.63) is 29.8 Å². The van der Waals surface area contributed by atoms with Crippen molar-refractivity contribution in [3.63, 3.8) is 0 Å². The van der Waals surface area contributed by atoms with Gasteiger partial charge in [-0.05, 0) is 44.0 Å². The van der Waals surface area contributed by atoms with Gasteiger partial charge in [0.05, 0.1) is 6.54 Å². The molecule has 1 aromatic rings. The van der Waals surface area contributed by atoms with Crippen LogP contribution in [0.3, 0.4) is 0 Å². The second-order valence-corrected chi connectivity index (χ2v) is 5.50. The van der Waals surface area contributed by atoms with E-state index in [4.69, 9.17) is 0 Å². The molecule has 0 unspecified atom stereocenters. The predicted octanol–water partition coefficient (Wildman–Crippen LogP) is 3.09. The highest BCUT2D eigenvalue weighted by Crippen LogP contribution is 2.26. The number of aryl methyl sites for hydroxylation is 1. The summed E-state index contributed by atoms with van der Waals surface area (Å²) in [5.74, 6) is 0.245. The Morgan fingerprint density at radius 3 is 2.85 bits per heavy atom. The summed E-state index contributed by atoms with van der Waals surface area (Å²) in [6.45, 7) is 7.70. The Hall–Kier alpha value is -1.35. The van der Waals surface area contributed by atoms with Crippen molar-refractivity contribution in [1.82, 2.24) is 4.90 Å². The zero-order valence-corrected chi connectivity index (χ0v) is 12.8. The van der Waals surface area contributed by atoms with Crippen molar-refractivity contribution in [3.8, 4) is 0 Å². The quantitative estimate of drug-likeness (QED) is 0.796. The third-order valence-corrected chi connectivity index (χ3v) is 4.05. The minimum Gasteiger partial charge on any atom is -0.311 e. The first-order valence-corrected chi connectivity index (χ1v) is 7.86. The molecule has 0 saturated heterocycles. The third-order valence-electron chi connectivity index (χ3n) is 4.05. The summed E-state index contributed by atoms with van der Waals surface area (Å²) in [4.78, 5) is 16.8. The lowest BCUT2D eigenvalue weighted by Gasteiger charge is -2.31. The fourth-order valence-electron chi connectivity index (χ4n) is 2.80. The summed E-state index contributed by atoms with van der Waals surface area (Å²) >= 11 is 0. The van der Waals surface area contributed by atoms with Gasteiger partial charge in [-0.15, -0.1) is 0 Å². The number of hydrogen-bond donors (Lipinski definition) is 0. The van der Waals surface area contributed by atoms with Gasteiger partial charge in [0.1, 0.15) is 0 Å². The number of fused-ring (bicyclic) bond motifs is 1. The molecule has 0 radical (unpaired) electrons. The standard InChI is InChI=1S/C17H26N2O/c1-3-5-12-18(4-2)14-17(20)19-13-8-10-15-9-6-7-11-16(15)19/h6-7,9,11H,3-5,8,10,12-14H2,1-2H3. The van der Waals surface area contributed by atoms with E-state index in [1.807, 2.05) is 11.0 Å². The van der Waals surface area contributed by atoms with Gasteiger partial charge < -0.3 is 4.90 Å². The van der Waals surface area contributed by atoms with Crippen molar-refractivity contribution in [1.29, 1.82) is 0 Å². The lowest BCUT2D eigenvalue weighted by molar-refractivity contribution is -0.119. The molecule has 0 fully saturated rings. The molecule has 1 aliphatic rings. The normalized spacial score (nSPS) is 14.4. The molecule has 1 amide bonds. The molecule has 0 saturated carbocycles. The van der Waals surface area contributed by atoms with Crippen LogP contribution in [-0.4, -0.2) is 37.0 Å². The first-order valence-electron chi connectivity index (χ1n) is 7.86. The summed E-state index contributed by atoms with van der Waals surface area (Å²) in [5, 5.41) is 0. The van der Waals surface area contributed by atoms with E-state index >= 15 is 0 Å². The highest BCUT2D eigenvalue weighted by molar-refractivity contribution is 5.95. The fraction of sp³-hybridized carbons (Fsp3) is 0.588. The average molecular weight is 274 g/mol. The molecule has 3 nitrogen and oxygen atoms in total. The van der Waals surface area contributed by atoms with Crippen LogP contribution in [0, 0.1) is 0 Å². The first kappa shape index (κ1) is 15.0. The number of amides is 1. The number of rotatable bonds is 6. The molecule has 1 aliphatic heterocycles. The molecule has 1 aromatic carbocycles. The predicted molar refractivity (Wildman–Crippen MR) is 84.1 cm³/mol. The fourth-order valence-corrected chi connectivity index (χ4v) is 2.80. The molecule has 20 heavy (non-hydrogen) atoms. The maximum Gasteiger partial charge on any atom is 0.241 e. The van der Waals surface area contributed by atoms with Crippen LogP contribution in [-0.2, 0) is 11.2 Å². The van der Waals surface area contributed by atoms with E-state index in [-0.39, 0.29) is 5.91 Å². The molecule has 2 rings (SSSR count). The van der Waals surface area contributed by atoms with Gasteiger partial charge in [0, 0.05) is 12.2 Å². The van der Waals surface area contributed by atoms with E-state index in [1.165, 1.54) is 12.0 Å². The lowest BCUT2D eigenvalue weighted by Crippen LogP contribution is -2.43. The summed E-state index contributed by atoms with van der Waals surface area (Å²) in [7, 11) is 0. The van der Waals surface area contributed by atoms with Gasteiger partial charge in [0.2, 0.25) is 5.91 Å². The maximum absolute atomic E-state index is 12.6. The highest BCUT2D eigenvalue weighted by atomic mass is 16.2. The second-order valence-electron chi connectivity index (χ2n) is 5.50. The van der Waals surface area contributed by atoms with Gasteiger partial charge in [0.15, 0.2) is 0 Å². The van der Waals surface area contributed by atoms with Crippen molar-refractivity contribution < 1.29 is 4.79 Å². The van der Waals surface area contributed by atoms with Crippen molar-refractivity contribution >= 4 is 11.6 Å². The third kappa shape index (κ3) is 3.60. The highest BCUT2D eigenvalue weighted by Gasteiger charge is 2.23. The number of benzene rings is 1. The van der Waals surface area contributed by atoms with Gasteiger partial charge in [-0.2, -0.15) is 0 Å². The topological polar surface area (TPSA) is 23.6 Å². The van der Waals surface area contributed by atoms with Crippen LogP contribution in [0.2, 0.25) is 0 Å². The summed E-state index contributed by atoms with van der Waals surface area (Å²) in [6, 6.07) is 8.31. The Balaban J connectivity index is 2.03. The number of para-hydroxylation sites is 1. The molecule has 0 spiro atoms. The molecule has 0 atom stereocenters. The molecule has 0 aromatic heterocycles. The van der Waals surface area contributed by atoms with Gasteiger partial charge in [-0.25, -0.2) is 0 Å². The molecule has 0 bridgehead atoms. The number of nitrogens with zero attached hydrogens (tertiary/aromatic N) is 2. The molecule has 110 valence electrons. The second kappa shape index (κ2) is 7.44. The van der Waals surface area contributed by atoms with Crippen molar-refractivity contribution in [2.45, 2.75) is 39.5 Å². The van der Waals surface area contributed by atoms with E-state index in [0.717, 1.165) is 44.6 Å². The summed E-state index contributed by atoms with van der Waals surface area (Å²) in [5.41, 5.74) is 2.43. The number of carbonyl (C=O) groups excluding carboxylic acids is 1. The van der Waals surface area contributed by atoms with Crippen LogP contribution in [0.1, 0.15) is 38.7 Å². The van der Waals surface area contributed by atoms with E-state index < -0.39 is 0 Å². The minimum absolute atomic E-state index is 0.245. The average Bonchev–Trinajstić information content (AvgIpc) is 2.50. The Morgan fingerprint density at radius 1 is 1.30 bits per heavy atom. The smallest absolute Gasteiger partial charge is 0.241 e. The Morgan fingerprint density at radius 2 is 2.10 bits per heavy atom. The van der Waals surface area contributed by atoms with Crippen LogP contribution >= 0.6 is 0 Å². The molecule has 0 aliphatic carbocycles. The molecule has 0 N–H and O–H groups in total. The van der Waals surface area contributed by atoms with E-state index in [1.54, 1.807) is 0 Å². The Kier molecular flexibility index (Phi) is 5.60. The van der Waals surface area contributed by atoms with E-state index in [2.05, 4.69) is 36.9 Å². The molecule has 1 heterocycles. The van der Waals surface area contributed by atoms with Gasteiger partial charge >= 0.3 is 0 Å². The monoisotopic (exact) mass is 274 g/mol. The molecular weight excluding hydrogens is 248 g/mol. The number of anilines is 1. The van der Waals surface area contributed by atoms with Crippen LogP contribution in [0.5, 0.6) is 0 Å². The zero-order valence-electron chi connectivity index (χ0n) is 12.8. The maximum atomic E-state index is 12.6. The van der Waals surface area contributed by atoms with Crippen LogP contribution in [0.4, 0.5) is 5.69 Å². The Bertz CT molecular complexity index is 444. The number of hydrogen-bond acceptors (Lipinski definition) is 2. The zero-order chi connectivity index (χ0) is 14.4. The van der Waals surface area contributed by atoms with E-state index in [9.17, 15) is 4.79 Å². The summed E-state index contributed by atoms with van der Waals surface area (Å²) in [6.07, 6.45) is 4.51. The number of unbranched alkanes of at least 4 members (excludes halogenated alkanes) is 1. The van der Waals surface area contributed by atoms with Crippen molar-refractivity contribution in [2.75, 3.05) is 31.1 Å². The first-order chi connectivity index (χ1) is 9.76. The van der Waals surface area contributed by atoms with Gasteiger partial charge in [0.25, 0.3) is 0 Å². The summed E-state index contributed by atoms with van der Waals surface area (Å²) < 4.78 is 0. The van der Waals surface area contributed by atoms with Crippen LogP contribution in [0.25, 0.3) is 0 Å². The van der Waals surface area contributed by atoms with E-state index in [0.29, 0.717) is 6.54 Å². The van der Waals surface area contributed by atoms with Crippen LogP contribution in [0.15, 0.2) is 24.3 Å². The van der Waals surface area contributed by atoms with Gasteiger partial charge in [-0.3, -0.25) is 9.69 Å². The molecule has 3 heteroatoms. The Labute approximate surface area is 122 Å². The number of likely N-dealkylation sites (N-methyl/N-ethyl adjacent to an activating group) is 1. The van der Waals surface area contributed by atoms with Crippen molar-refractivity contribution in [2.24, 2.45) is 0 Å². The number of carbonyl (C=O) groups is 1. The SMILES string of the molecule is CCCCN(CC)CC(=O)N1CCCc2ccccc21.